The second-order valence-electron chi connectivity index (χ2n) is 3.87. The van der Waals surface area contributed by atoms with Gasteiger partial charge in [-0.2, -0.15) is 0 Å². The minimum atomic E-state index is -0.640. The standard InChI is InChI=1S/C12H15N3O3/c1-3-18-12(17)14-15-8(2)13-10-7-5-4-6-9(10)11(15)16/h4-8,13H,3H2,1-2H3,(H,14,17)/t8-/m0/s1. The molecule has 2 rings (SSSR count). The lowest BCUT2D eigenvalue weighted by Gasteiger charge is -2.35. The van der Waals surface area contributed by atoms with Crippen molar-refractivity contribution in [2.75, 3.05) is 11.9 Å². The van der Waals surface area contributed by atoms with Gasteiger partial charge in [-0.3, -0.25) is 4.79 Å². The quantitative estimate of drug-likeness (QED) is 0.834. The van der Waals surface area contributed by atoms with Crippen LogP contribution in [0.15, 0.2) is 24.3 Å². The van der Waals surface area contributed by atoms with E-state index < -0.39 is 6.09 Å². The Morgan fingerprint density at radius 1 is 1.50 bits per heavy atom. The molecular weight excluding hydrogens is 234 g/mol. The number of carbonyl (C=O) groups is 2. The molecule has 1 aliphatic rings. The molecule has 0 unspecified atom stereocenters. The molecule has 0 spiro atoms. The summed E-state index contributed by atoms with van der Waals surface area (Å²) in [7, 11) is 0. The highest BCUT2D eigenvalue weighted by Crippen LogP contribution is 2.23. The van der Waals surface area contributed by atoms with Crippen molar-refractivity contribution in [1.29, 1.82) is 0 Å². The molecule has 0 fully saturated rings. The van der Waals surface area contributed by atoms with Crippen LogP contribution < -0.4 is 10.7 Å². The smallest absolute Gasteiger partial charge is 0.426 e. The molecule has 1 aliphatic heterocycles. The summed E-state index contributed by atoms with van der Waals surface area (Å²) >= 11 is 0. The molecule has 0 aromatic heterocycles. The van der Waals surface area contributed by atoms with Gasteiger partial charge in [0, 0.05) is 5.69 Å². The molecule has 0 radical (unpaired) electrons. The second kappa shape index (κ2) is 4.95. The van der Waals surface area contributed by atoms with Crippen LogP contribution in [0.1, 0.15) is 24.2 Å². The molecule has 1 aromatic carbocycles. The van der Waals surface area contributed by atoms with Crippen LogP contribution in [0.4, 0.5) is 10.5 Å². The Hall–Kier alpha value is -2.24. The molecule has 1 atom stereocenters. The Balaban J connectivity index is 2.19. The maximum Gasteiger partial charge on any atom is 0.426 e. The van der Waals surface area contributed by atoms with E-state index in [9.17, 15) is 9.59 Å². The van der Waals surface area contributed by atoms with Crippen molar-refractivity contribution in [3.8, 4) is 0 Å². The number of rotatable bonds is 2. The third-order valence-corrected chi connectivity index (χ3v) is 2.62. The SMILES string of the molecule is CCOC(=O)NN1C(=O)c2ccccc2N[C@@H]1C. The number of benzene rings is 1. The molecule has 0 saturated heterocycles. The number of hydrazine groups is 1. The third-order valence-electron chi connectivity index (χ3n) is 2.62. The maximum atomic E-state index is 12.2. The van der Waals surface area contributed by atoms with Crippen LogP contribution in [0.2, 0.25) is 0 Å². The van der Waals surface area contributed by atoms with E-state index in [0.29, 0.717) is 5.56 Å². The Labute approximate surface area is 105 Å². The summed E-state index contributed by atoms with van der Waals surface area (Å²) in [5.74, 6) is -0.259. The number of hydrogen-bond donors (Lipinski definition) is 2. The Bertz CT molecular complexity index is 475. The van der Waals surface area contributed by atoms with Crippen molar-refractivity contribution in [1.82, 2.24) is 10.4 Å². The number of hydrogen-bond acceptors (Lipinski definition) is 4. The first kappa shape index (κ1) is 12.2. The predicted octanol–water partition coefficient (Wildman–Crippen LogP) is 1.56. The van der Waals surface area contributed by atoms with Gasteiger partial charge in [0.1, 0.15) is 6.17 Å². The van der Waals surface area contributed by atoms with Gasteiger partial charge in [0.05, 0.1) is 12.2 Å². The molecule has 6 nitrogen and oxygen atoms in total. The summed E-state index contributed by atoms with van der Waals surface area (Å²) in [6.07, 6.45) is -0.976. The molecule has 0 saturated carbocycles. The predicted molar refractivity (Wildman–Crippen MR) is 65.9 cm³/mol. The highest BCUT2D eigenvalue weighted by molar-refractivity contribution is 6.02. The van der Waals surface area contributed by atoms with Gasteiger partial charge < -0.3 is 10.1 Å². The van der Waals surface area contributed by atoms with E-state index >= 15 is 0 Å². The first-order chi connectivity index (χ1) is 8.63. The topological polar surface area (TPSA) is 70.7 Å². The van der Waals surface area contributed by atoms with E-state index in [2.05, 4.69) is 10.7 Å². The zero-order valence-corrected chi connectivity index (χ0v) is 10.3. The molecule has 2 amide bonds. The van der Waals surface area contributed by atoms with Crippen molar-refractivity contribution in [2.45, 2.75) is 20.0 Å². The zero-order chi connectivity index (χ0) is 13.1. The van der Waals surface area contributed by atoms with Crippen molar-refractivity contribution in [3.63, 3.8) is 0 Å². The summed E-state index contributed by atoms with van der Waals surface area (Å²) in [4.78, 5) is 23.5. The fourth-order valence-corrected chi connectivity index (χ4v) is 1.80. The van der Waals surface area contributed by atoms with Crippen LogP contribution in [0.3, 0.4) is 0 Å². The van der Waals surface area contributed by atoms with Crippen LogP contribution in [0.25, 0.3) is 0 Å². The first-order valence-electron chi connectivity index (χ1n) is 5.76. The van der Waals surface area contributed by atoms with Gasteiger partial charge in [-0.1, -0.05) is 12.1 Å². The van der Waals surface area contributed by atoms with E-state index in [-0.39, 0.29) is 18.7 Å². The molecule has 96 valence electrons. The minimum Gasteiger partial charge on any atom is -0.449 e. The summed E-state index contributed by atoms with van der Waals surface area (Å²) in [6, 6.07) is 7.15. The van der Waals surface area contributed by atoms with Crippen molar-refractivity contribution < 1.29 is 14.3 Å². The molecule has 18 heavy (non-hydrogen) atoms. The fraction of sp³-hybridized carbons (Fsp3) is 0.333. The number of para-hydroxylation sites is 1. The van der Waals surface area contributed by atoms with Crippen molar-refractivity contribution in [3.05, 3.63) is 29.8 Å². The van der Waals surface area contributed by atoms with Gasteiger partial charge in [0.25, 0.3) is 5.91 Å². The molecule has 0 aliphatic carbocycles. The lowest BCUT2D eigenvalue weighted by atomic mass is 10.1. The molecule has 6 heteroatoms. The van der Waals surface area contributed by atoms with E-state index in [1.165, 1.54) is 5.01 Å². The average Bonchev–Trinajstić information content (AvgIpc) is 2.35. The van der Waals surface area contributed by atoms with Gasteiger partial charge in [0.15, 0.2) is 0 Å². The molecule has 1 aromatic rings. The summed E-state index contributed by atoms with van der Waals surface area (Å²) < 4.78 is 4.76. The zero-order valence-electron chi connectivity index (χ0n) is 10.3. The lowest BCUT2D eigenvalue weighted by Crippen LogP contribution is -2.56. The minimum absolute atomic E-state index is 0.256. The van der Waals surface area contributed by atoms with Crippen LogP contribution in [0, 0.1) is 0 Å². The second-order valence-corrected chi connectivity index (χ2v) is 3.87. The van der Waals surface area contributed by atoms with E-state index in [1.807, 2.05) is 12.1 Å². The van der Waals surface area contributed by atoms with Gasteiger partial charge in [-0.25, -0.2) is 15.2 Å². The number of anilines is 1. The van der Waals surface area contributed by atoms with E-state index in [0.717, 1.165) is 5.69 Å². The van der Waals surface area contributed by atoms with Gasteiger partial charge in [-0.05, 0) is 26.0 Å². The highest BCUT2D eigenvalue weighted by atomic mass is 16.6. The number of carbonyl (C=O) groups excluding carboxylic acids is 2. The summed E-state index contributed by atoms with van der Waals surface area (Å²) in [5, 5.41) is 4.35. The van der Waals surface area contributed by atoms with E-state index in [1.54, 1.807) is 26.0 Å². The van der Waals surface area contributed by atoms with Crippen LogP contribution in [-0.2, 0) is 4.74 Å². The number of amides is 2. The molecule has 0 bridgehead atoms. The van der Waals surface area contributed by atoms with Gasteiger partial charge in [-0.15, -0.1) is 0 Å². The highest BCUT2D eigenvalue weighted by Gasteiger charge is 2.30. The molecular formula is C12H15N3O3. The van der Waals surface area contributed by atoms with Crippen LogP contribution in [-0.4, -0.2) is 29.8 Å². The van der Waals surface area contributed by atoms with Gasteiger partial charge in [0.2, 0.25) is 0 Å². The molecule has 2 N–H and O–H groups in total. The lowest BCUT2D eigenvalue weighted by molar-refractivity contribution is 0.0529. The number of fused-ring (bicyclic) bond motifs is 1. The fourth-order valence-electron chi connectivity index (χ4n) is 1.80. The monoisotopic (exact) mass is 249 g/mol. The van der Waals surface area contributed by atoms with Gasteiger partial charge >= 0.3 is 6.09 Å². The third kappa shape index (κ3) is 2.22. The Morgan fingerprint density at radius 2 is 2.22 bits per heavy atom. The van der Waals surface area contributed by atoms with E-state index in [4.69, 9.17) is 4.74 Å². The number of nitrogens with zero attached hydrogens (tertiary/aromatic N) is 1. The Kier molecular flexibility index (Phi) is 3.36. The van der Waals surface area contributed by atoms with Crippen molar-refractivity contribution >= 4 is 17.7 Å². The number of nitrogens with one attached hydrogen (secondary N) is 2. The maximum absolute atomic E-state index is 12.2. The van der Waals surface area contributed by atoms with Crippen LogP contribution >= 0.6 is 0 Å². The molecule has 1 heterocycles. The van der Waals surface area contributed by atoms with Crippen LogP contribution in [0.5, 0.6) is 0 Å². The van der Waals surface area contributed by atoms with Crippen molar-refractivity contribution in [2.24, 2.45) is 0 Å². The summed E-state index contributed by atoms with van der Waals surface area (Å²) in [6.45, 7) is 3.74. The summed E-state index contributed by atoms with van der Waals surface area (Å²) in [5.41, 5.74) is 3.70. The normalized spacial score (nSPS) is 17.8. The largest absolute Gasteiger partial charge is 0.449 e. The Morgan fingerprint density at radius 3 is 2.94 bits per heavy atom. The average molecular weight is 249 g/mol. The first-order valence-corrected chi connectivity index (χ1v) is 5.76. The number of ether oxygens (including phenoxy) is 1.